The molecule has 0 radical (unpaired) electrons. The summed E-state index contributed by atoms with van der Waals surface area (Å²) in [7, 11) is 0. The molecule has 6 rings (SSSR count). The van der Waals surface area contributed by atoms with Gasteiger partial charge < -0.3 is 48.9 Å². The number of fused-ring (bicyclic) bond motifs is 2. The van der Waals surface area contributed by atoms with Gasteiger partial charge in [-0.3, -0.25) is 19.2 Å². The minimum atomic E-state index is -0.948. The molecular weight excluding hydrogens is 632 g/mol. The van der Waals surface area contributed by atoms with Crippen LogP contribution in [0, 0.1) is 0 Å². The molecule has 0 spiro atoms. The van der Waals surface area contributed by atoms with Gasteiger partial charge in [0.05, 0.1) is 12.8 Å². The van der Waals surface area contributed by atoms with Crippen molar-refractivity contribution in [2.24, 2.45) is 0 Å². The van der Waals surface area contributed by atoms with Gasteiger partial charge in [0, 0.05) is 47.5 Å². The van der Waals surface area contributed by atoms with E-state index in [2.05, 4.69) is 0 Å². The second-order valence-electron chi connectivity index (χ2n) is 10.4. The van der Waals surface area contributed by atoms with E-state index in [0.717, 1.165) is 36.4 Å². The maximum absolute atomic E-state index is 12.6. The second-order valence-corrected chi connectivity index (χ2v) is 10.4. The van der Waals surface area contributed by atoms with E-state index in [1.54, 1.807) is 0 Å². The summed E-state index contributed by atoms with van der Waals surface area (Å²) in [6.45, 7) is 0. The normalized spacial score (nSPS) is 11.1. The molecule has 0 bridgehead atoms. The summed E-state index contributed by atoms with van der Waals surface area (Å²) >= 11 is 0. The number of esters is 2. The quantitative estimate of drug-likeness (QED) is 0.101. The van der Waals surface area contributed by atoms with Crippen LogP contribution in [-0.4, -0.2) is 42.6 Å². The van der Waals surface area contributed by atoms with Crippen molar-refractivity contribution in [1.82, 2.24) is 0 Å². The highest BCUT2D eigenvalue weighted by Crippen LogP contribution is 2.36. The maximum Gasteiger partial charge on any atom is 0.311 e. The molecule has 14 heteroatoms. The van der Waals surface area contributed by atoms with Crippen LogP contribution in [0.3, 0.4) is 0 Å². The molecule has 14 nitrogen and oxygen atoms in total. The summed E-state index contributed by atoms with van der Waals surface area (Å²) in [5.41, 5.74) is -1.06. The van der Waals surface area contributed by atoms with Crippen molar-refractivity contribution >= 4 is 33.9 Å². The number of hydrogen-bond acceptors (Lipinski definition) is 14. The zero-order chi connectivity index (χ0) is 34.3. The summed E-state index contributed by atoms with van der Waals surface area (Å²) in [6, 6.07) is 13.9. The third-order valence-corrected chi connectivity index (χ3v) is 7.06. The molecule has 0 fully saturated rings. The van der Waals surface area contributed by atoms with E-state index in [1.165, 1.54) is 36.4 Å². The number of phenolic OH excluding ortho intramolecular Hbond substituents is 6. The molecule has 48 heavy (non-hydrogen) atoms. The molecule has 2 heterocycles. The van der Waals surface area contributed by atoms with Crippen LogP contribution in [0.2, 0.25) is 0 Å². The zero-order valence-electron chi connectivity index (χ0n) is 24.3. The van der Waals surface area contributed by atoms with E-state index >= 15 is 0 Å². The van der Waals surface area contributed by atoms with Gasteiger partial charge in [0.15, 0.2) is 33.9 Å². The fraction of sp³-hybridized carbons (Fsp3) is 0.0588. The summed E-state index contributed by atoms with van der Waals surface area (Å²) in [6.07, 6.45) is -1.03. The first-order valence-electron chi connectivity index (χ1n) is 13.9. The van der Waals surface area contributed by atoms with Crippen molar-refractivity contribution in [3.63, 3.8) is 0 Å². The summed E-state index contributed by atoms with van der Waals surface area (Å²) in [4.78, 5) is 50.3. The lowest BCUT2D eigenvalue weighted by Crippen LogP contribution is -2.14. The Kier molecular flexibility index (Phi) is 7.82. The van der Waals surface area contributed by atoms with Crippen molar-refractivity contribution < 1.29 is 58.5 Å². The summed E-state index contributed by atoms with van der Waals surface area (Å²) < 4.78 is 21.7. The van der Waals surface area contributed by atoms with Gasteiger partial charge in [-0.05, 0) is 36.4 Å². The lowest BCUT2D eigenvalue weighted by atomic mass is 10.1. The topological polar surface area (TPSA) is 234 Å². The zero-order valence-corrected chi connectivity index (χ0v) is 24.3. The van der Waals surface area contributed by atoms with Crippen molar-refractivity contribution in [2.75, 3.05) is 0 Å². The molecule has 6 aromatic rings. The number of rotatable bonds is 7. The van der Waals surface area contributed by atoms with Gasteiger partial charge in [-0.15, -0.1) is 0 Å². The molecule has 0 aliphatic carbocycles. The first-order chi connectivity index (χ1) is 22.9. The van der Waals surface area contributed by atoms with Gasteiger partial charge in [0.1, 0.15) is 56.5 Å². The SMILES string of the molecule is O=C(CCC(=O)Oc1cc(-c2cc(=O)c3c(O)cc(O)cc3o2)ccc1O)Oc1cc(-c2cc(=O)c3c(O)cc(O)cc3o2)ccc1O. The van der Waals surface area contributed by atoms with Gasteiger partial charge in [-0.25, -0.2) is 0 Å². The van der Waals surface area contributed by atoms with Crippen LogP contribution in [0.5, 0.6) is 46.0 Å². The molecule has 242 valence electrons. The van der Waals surface area contributed by atoms with Crippen LogP contribution >= 0.6 is 0 Å². The van der Waals surface area contributed by atoms with Crippen LogP contribution in [0.25, 0.3) is 44.6 Å². The van der Waals surface area contributed by atoms with Gasteiger partial charge in [-0.1, -0.05) is 0 Å². The Hall–Kier alpha value is -6.96. The van der Waals surface area contributed by atoms with Crippen molar-refractivity contribution in [2.45, 2.75) is 12.8 Å². The number of aromatic hydroxyl groups is 6. The Morgan fingerprint density at radius 1 is 0.521 bits per heavy atom. The predicted octanol–water partition coefficient (Wildman–Crippen LogP) is 4.76. The number of carbonyl (C=O) groups is 2. The van der Waals surface area contributed by atoms with Crippen molar-refractivity contribution in [1.29, 1.82) is 0 Å². The van der Waals surface area contributed by atoms with Crippen molar-refractivity contribution in [3.05, 3.63) is 93.2 Å². The Morgan fingerprint density at radius 2 is 0.917 bits per heavy atom. The molecule has 6 N–H and O–H groups in total. The molecule has 0 aliphatic heterocycles. The molecule has 2 aromatic heterocycles. The molecule has 0 atom stereocenters. The largest absolute Gasteiger partial charge is 0.508 e. The third kappa shape index (κ3) is 6.12. The molecule has 0 saturated carbocycles. The van der Waals surface area contributed by atoms with Crippen molar-refractivity contribution in [3.8, 4) is 68.6 Å². The second kappa shape index (κ2) is 12.1. The lowest BCUT2D eigenvalue weighted by Gasteiger charge is -2.10. The standard InChI is InChI=1S/C34H22O14/c35-17-9-21(39)33-23(41)13-25(45-29(33)11-17)15-1-3-19(37)27(7-15)47-31(43)5-6-32(44)48-28-8-16(2-4-20(28)38)26-14-24(42)34-22(40)10-18(36)12-30(34)46-26/h1-4,7-14,35-40H,5-6H2. The van der Waals surface area contributed by atoms with E-state index in [1.807, 2.05) is 0 Å². The molecule has 0 unspecified atom stereocenters. The first kappa shape index (κ1) is 31.0. The van der Waals surface area contributed by atoms with Gasteiger partial charge in [0.2, 0.25) is 0 Å². The minimum absolute atomic E-state index is 0.0281. The highest BCUT2D eigenvalue weighted by Gasteiger charge is 2.19. The predicted molar refractivity (Wildman–Crippen MR) is 166 cm³/mol. The molecule has 0 saturated heterocycles. The Labute approximate surface area is 267 Å². The maximum atomic E-state index is 12.6. The van der Waals surface area contributed by atoms with E-state index < -0.39 is 58.6 Å². The molecular formula is C34H22O14. The fourth-order valence-electron chi connectivity index (χ4n) is 4.84. The first-order valence-corrected chi connectivity index (χ1v) is 13.9. The van der Waals surface area contributed by atoms with Crippen LogP contribution in [-0.2, 0) is 9.59 Å². The monoisotopic (exact) mass is 654 g/mol. The number of hydrogen-bond donors (Lipinski definition) is 6. The number of phenols is 6. The van der Waals surface area contributed by atoms with E-state index in [-0.39, 0.29) is 67.6 Å². The Bertz CT molecular complexity index is 2230. The van der Waals surface area contributed by atoms with E-state index in [4.69, 9.17) is 18.3 Å². The Morgan fingerprint density at radius 3 is 1.31 bits per heavy atom. The lowest BCUT2D eigenvalue weighted by molar-refractivity contribution is -0.140. The van der Waals surface area contributed by atoms with Crippen LogP contribution in [0.1, 0.15) is 12.8 Å². The number of carbonyl (C=O) groups excluding carboxylic acids is 2. The summed E-state index contributed by atoms with van der Waals surface area (Å²) in [5.74, 6) is -5.13. The van der Waals surface area contributed by atoms with Crippen LogP contribution in [0.15, 0.2) is 91.2 Å². The molecule has 0 amide bonds. The Balaban J connectivity index is 1.14. The average molecular weight is 655 g/mol. The van der Waals surface area contributed by atoms with Gasteiger partial charge in [0.25, 0.3) is 0 Å². The van der Waals surface area contributed by atoms with E-state index in [9.17, 15) is 49.8 Å². The van der Waals surface area contributed by atoms with Gasteiger partial charge >= 0.3 is 11.9 Å². The molecule has 0 aliphatic rings. The number of benzene rings is 4. The van der Waals surface area contributed by atoms with Gasteiger partial charge in [-0.2, -0.15) is 0 Å². The highest BCUT2D eigenvalue weighted by atomic mass is 16.5. The third-order valence-electron chi connectivity index (χ3n) is 7.06. The molecule has 4 aromatic carbocycles. The average Bonchev–Trinajstić information content (AvgIpc) is 3.01. The smallest absolute Gasteiger partial charge is 0.311 e. The fourth-order valence-corrected chi connectivity index (χ4v) is 4.84. The van der Waals surface area contributed by atoms with Crippen LogP contribution in [0.4, 0.5) is 0 Å². The summed E-state index contributed by atoms with van der Waals surface area (Å²) in [5, 5.41) is 59.7. The number of ether oxygens (including phenoxy) is 2. The van der Waals surface area contributed by atoms with Crippen LogP contribution < -0.4 is 20.3 Å². The highest BCUT2D eigenvalue weighted by molar-refractivity contribution is 5.87. The van der Waals surface area contributed by atoms with E-state index in [0.29, 0.717) is 0 Å². The minimum Gasteiger partial charge on any atom is -0.508 e.